The molecule has 0 fully saturated rings. The first-order valence-corrected chi connectivity index (χ1v) is 34.8. The molecule has 0 aliphatic rings. The van der Waals surface area contributed by atoms with Crippen molar-refractivity contribution in [3.05, 3.63) is 60.8 Å². The van der Waals surface area contributed by atoms with Gasteiger partial charge in [0.05, 0.1) is 0 Å². The Bertz CT molecular complexity index is 1410. The number of unbranched alkanes of at least 4 members (excludes halogenated alkanes) is 43. The van der Waals surface area contributed by atoms with Gasteiger partial charge in [-0.05, 0) is 83.5 Å². The Kier molecular flexibility index (Phi) is 65.1. The molecule has 0 spiro atoms. The van der Waals surface area contributed by atoms with E-state index in [9.17, 15) is 14.4 Å². The van der Waals surface area contributed by atoms with Crippen LogP contribution in [0.3, 0.4) is 0 Å². The lowest BCUT2D eigenvalue weighted by atomic mass is 10.0. The molecule has 0 saturated carbocycles. The van der Waals surface area contributed by atoms with E-state index in [1.807, 2.05) is 0 Å². The van der Waals surface area contributed by atoms with Crippen molar-refractivity contribution in [2.45, 2.75) is 374 Å². The number of rotatable bonds is 64. The van der Waals surface area contributed by atoms with Gasteiger partial charge < -0.3 is 14.2 Å². The fourth-order valence-corrected chi connectivity index (χ4v) is 10.3. The summed E-state index contributed by atoms with van der Waals surface area (Å²) in [5.74, 6) is -0.854. The fourth-order valence-electron chi connectivity index (χ4n) is 10.3. The Morgan fingerprint density at radius 2 is 0.494 bits per heavy atom. The minimum absolute atomic E-state index is 0.0714. The molecule has 6 nitrogen and oxygen atoms in total. The zero-order chi connectivity index (χ0) is 57.1. The maximum absolute atomic E-state index is 12.9. The number of hydrogen-bond donors (Lipinski definition) is 0. The first-order chi connectivity index (χ1) is 39.0. The van der Waals surface area contributed by atoms with Crippen LogP contribution in [-0.2, 0) is 28.6 Å². The second-order valence-electron chi connectivity index (χ2n) is 23.4. The quantitative estimate of drug-likeness (QED) is 0.0261. The molecule has 460 valence electrons. The monoisotopic (exact) mass is 1110 g/mol. The summed E-state index contributed by atoms with van der Waals surface area (Å²) in [5, 5.41) is 0. The van der Waals surface area contributed by atoms with Gasteiger partial charge >= 0.3 is 17.9 Å². The lowest BCUT2D eigenvalue weighted by molar-refractivity contribution is -0.167. The van der Waals surface area contributed by atoms with Crippen LogP contribution in [-0.4, -0.2) is 37.2 Å². The first-order valence-electron chi connectivity index (χ1n) is 34.8. The van der Waals surface area contributed by atoms with Gasteiger partial charge in [-0.15, -0.1) is 0 Å². The van der Waals surface area contributed by atoms with Crippen molar-refractivity contribution in [3.63, 3.8) is 0 Å². The molecule has 0 aromatic heterocycles. The third kappa shape index (κ3) is 65.8. The summed E-state index contributed by atoms with van der Waals surface area (Å²) in [6, 6.07) is 0. The van der Waals surface area contributed by atoms with E-state index in [4.69, 9.17) is 14.2 Å². The SMILES string of the molecule is CC/C=C\C/C=C\C/C=C\C/C=C\CCCCCCCCCCCCCCCCCCC(=O)OCC(COC(=O)CCCCCCC/C=C\CCCCCCCC)OC(=O)CCCCCCCCCCCCCCCCCCC. The van der Waals surface area contributed by atoms with E-state index < -0.39 is 6.10 Å². The summed E-state index contributed by atoms with van der Waals surface area (Å²) >= 11 is 0. The molecule has 0 aliphatic heterocycles. The van der Waals surface area contributed by atoms with Crippen molar-refractivity contribution in [2.75, 3.05) is 13.2 Å². The summed E-state index contributed by atoms with van der Waals surface area (Å²) in [6.07, 6.45) is 86.7. The zero-order valence-corrected chi connectivity index (χ0v) is 52.9. The molecular weight excluding hydrogens is 973 g/mol. The standard InChI is InChI=1S/C73H132O6/c1-4-7-10-13-16-19-22-25-28-30-31-32-33-34-35-36-37-38-39-40-41-43-45-48-51-54-57-60-63-66-72(75)78-69-70(68-77-71(74)65-62-59-56-53-50-47-44-27-24-21-18-15-12-9-6-3)79-73(76)67-64-61-58-55-52-49-46-42-29-26-23-20-17-14-11-8-5-2/h7,10,16,19,25,27-28,31-32,44,70H,4-6,8-9,11-15,17-18,20-24,26,29-30,33-43,45-69H2,1-3H3/b10-7-,19-16-,28-25-,32-31-,44-27-. The van der Waals surface area contributed by atoms with Crippen LogP contribution in [0.2, 0.25) is 0 Å². The van der Waals surface area contributed by atoms with E-state index in [2.05, 4.69) is 81.5 Å². The zero-order valence-electron chi connectivity index (χ0n) is 52.9. The largest absolute Gasteiger partial charge is 0.462 e. The number of hydrogen-bond acceptors (Lipinski definition) is 6. The smallest absolute Gasteiger partial charge is 0.306 e. The van der Waals surface area contributed by atoms with Crippen molar-refractivity contribution in [1.29, 1.82) is 0 Å². The summed E-state index contributed by atoms with van der Waals surface area (Å²) in [7, 11) is 0. The molecule has 0 aliphatic carbocycles. The van der Waals surface area contributed by atoms with E-state index in [0.717, 1.165) is 89.9 Å². The van der Waals surface area contributed by atoms with Gasteiger partial charge in [-0.1, -0.05) is 326 Å². The first kappa shape index (κ1) is 76.1. The van der Waals surface area contributed by atoms with Crippen LogP contribution in [0.5, 0.6) is 0 Å². The van der Waals surface area contributed by atoms with Crippen LogP contribution in [0.4, 0.5) is 0 Å². The highest BCUT2D eigenvalue weighted by molar-refractivity contribution is 5.71. The Labute approximate surface area is 491 Å². The predicted molar refractivity (Wildman–Crippen MR) is 344 cm³/mol. The van der Waals surface area contributed by atoms with Crippen molar-refractivity contribution in [3.8, 4) is 0 Å². The van der Waals surface area contributed by atoms with Crippen molar-refractivity contribution in [1.82, 2.24) is 0 Å². The maximum Gasteiger partial charge on any atom is 0.306 e. The summed E-state index contributed by atoms with van der Waals surface area (Å²) in [4.78, 5) is 38.4. The van der Waals surface area contributed by atoms with Crippen LogP contribution < -0.4 is 0 Å². The second-order valence-corrected chi connectivity index (χ2v) is 23.4. The van der Waals surface area contributed by atoms with Gasteiger partial charge in [0, 0.05) is 19.3 Å². The van der Waals surface area contributed by atoms with Crippen LogP contribution >= 0.6 is 0 Å². The van der Waals surface area contributed by atoms with Gasteiger partial charge in [0.2, 0.25) is 0 Å². The topological polar surface area (TPSA) is 78.9 Å². The van der Waals surface area contributed by atoms with Crippen LogP contribution in [0.1, 0.15) is 367 Å². The van der Waals surface area contributed by atoms with Gasteiger partial charge in [0.25, 0.3) is 0 Å². The molecule has 1 unspecified atom stereocenters. The minimum atomic E-state index is -0.775. The van der Waals surface area contributed by atoms with Crippen LogP contribution in [0, 0.1) is 0 Å². The van der Waals surface area contributed by atoms with E-state index in [0.29, 0.717) is 19.3 Å². The lowest BCUT2D eigenvalue weighted by Gasteiger charge is -2.18. The van der Waals surface area contributed by atoms with Gasteiger partial charge in [0.15, 0.2) is 6.10 Å². The molecule has 0 saturated heterocycles. The third-order valence-electron chi connectivity index (χ3n) is 15.5. The molecule has 0 bridgehead atoms. The minimum Gasteiger partial charge on any atom is -0.462 e. The average Bonchev–Trinajstić information content (AvgIpc) is 3.45. The second kappa shape index (κ2) is 67.6. The number of carbonyl (C=O) groups excluding carboxylic acids is 3. The Morgan fingerprint density at radius 1 is 0.266 bits per heavy atom. The van der Waals surface area contributed by atoms with Gasteiger partial charge in [-0.2, -0.15) is 0 Å². The van der Waals surface area contributed by atoms with Crippen LogP contribution in [0.15, 0.2) is 60.8 Å². The average molecular weight is 1110 g/mol. The summed E-state index contributed by atoms with van der Waals surface area (Å²) in [6.45, 7) is 6.58. The molecule has 79 heavy (non-hydrogen) atoms. The number of carbonyl (C=O) groups is 3. The van der Waals surface area contributed by atoms with E-state index in [1.165, 1.54) is 238 Å². The highest BCUT2D eigenvalue weighted by Gasteiger charge is 2.19. The molecule has 6 heteroatoms. The van der Waals surface area contributed by atoms with Gasteiger partial charge in [-0.25, -0.2) is 0 Å². The third-order valence-corrected chi connectivity index (χ3v) is 15.5. The Morgan fingerprint density at radius 3 is 0.785 bits per heavy atom. The molecule has 0 heterocycles. The van der Waals surface area contributed by atoms with E-state index in [-0.39, 0.29) is 31.1 Å². The molecular formula is C73H132O6. The van der Waals surface area contributed by atoms with Crippen LogP contribution in [0.25, 0.3) is 0 Å². The Balaban J connectivity index is 4.22. The number of allylic oxidation sites excluding steroid dienone is 10. The maximum atomic E-state index is 12.9. The molecule has 0 aromatic carbocycles. The fraction of sp³-hybridized carbons (Fsp3) is 0.822. The molecule has 0 amide bonds. The lowest BCUT2D eigenvalue weighted by Crippen LogP contribution is -2.30. The van der Waals surface area contributed by atoms with Gasteiger partial charge in [-0.3, -0.25) is 14.4 Å². The molecule has 0 radical (unpaired) electrons. The Hall–Kier alpha value is -2.89. The normalized spacial score (nSPS) is 12.4. The highest BCUT2D eigenvalue weighted by Crippen LogP contribution is 2.18. The molecule has 0 N–H and O–H groups in total. The van der Waals surface area contributed by atoms with Crippen molar-refractivity contribution < 1.29 is 28.6 Å². The number of ether oxygens (including phenoxy) is 3. The van der Waals surface area contributed by atoms with E-state index in [1.54, 1.807) is 0 Å². The van der Waals surface area contributed by atoms with Gasteiger partial charge in [0.1, 0.15) is 13.2 Å². The van der Waals surface area contributed by atoms with Crippen molar-refractivity contribution >= 4 is 17.9 Å². The highest BCUT2D eigenvalue weighted by atomic mass is 16.6. The summed E-state index contributed by atoms with van der Waals surface area (Å²) in [5.41, 5.74) is 0. The summed E-state index contributed by atoms with van der Waals surface area (Å²) < 4.78 is 17.0. The van der Waals surface area contributed by atoms with Crippen molar-refractivity contribution in [2.24, 2.45) is 0 Å². The van der Waals surface area contributed by atoms with E-state index >= 15 is 0 Å². The molecule has 0 rings (SSSR count). The predicted octanol–water partition coefficient (Wildman–Crippen LogP) is 23.9. The number of esters is 3. The molecule has 0 aromatic rings. The molecule has 1 atom stereocenters.